The molecule has 0 fully saturated rings. The second-order valence-electron chi connectivity index (χ2n) is 7.85. The third-order valence-electron chi connectivity index (χ3n) is 5.57. The predicted molar refractivity (Wildman–Crippen MR) is 128 cm³/mol. The number of hydrogen-bond donors (Lipinski definition) is 1. The topological polar surface area (TPSA) is 79.6 Å². The molecule has 0 radical (unpaired) electrons. The lowest BCUT2D eigenvalue weighted by Crippen LogP contribution is -2.25. The zero-order chi connectivity index (χ0) is 23.9. The number of carbonyl (C=O) groups is 1. The van der Waals surface area contributed by atoms with Gasteiger partial charge in [-0.05, 0) is 30.7 Å². The summed E-state index contributed by atoms with van der Waals surface area (Å²) >= 11 is 0. The Morgan fingerprint density at radius 3 is 2.18 bits per heavy atom. The molecule has 0 saturated carbocycles. The summed E-state index contributed by atoms with van der Waals surface area (Å²) in [5, 5.41) is 3.18. The van der Waals surface area contributed by atoms with Crippen molar-refractivity contribution in [1.82, 2.24) is 5.32 Å². The summed E-state index contributed by atoms with van der Waals surface area (Å²) in [6.07, 6.45) is 1.10. The van der Waals surface area contributed by atoms with Crippen molar-refractivity contribution in [3.8, 4) is 22.5 Å². The van der Waals surface area contributed by atoms with Gasteiger partial charge in [0.15, 0.2) is 0 Å². The number of nitrogens with one attached hydrogen (secondary N) is 1. The van der Waals surface area contributed by atoms with E-state index in [0.29, 0.717) is 39.1 Å². The van der Waals surface area contributed by atoms with Crippen LogP contribution >= 0.6 is 0 Å². The zero-order valence-electron chi connectivity index (χ0n) is 18.6. The molecule has 0 unspecified atom stereocenters. The number of carbonyl (C=O) groups excluding carboxylic acids is 1. The zero-order valence-corrected chi connectivity index (χ0v) is 19.5. The van der Waals surface area contributed by atoms with Gasteiger partial charge in [0, 0.05) is 36.7 Å². The molecule has 0 saturated heterocycles. The van der Waals surface area contributed by atoms with Gasteiger partial charge in [0.2, 0.25) is 10.0 Å². The molecule has 8 heteroatoms. The molecule has 0 spiro atoms. The summed E-state index contributed by atoms with van der Waals surface area (Å²) in [5.41, 5.74) is 3.96. The van der Waals surface area contributed by atoms with Crippen LogP contribution in [0.15, 0.2) is 65.1 Å². The number of rotatable bonds is 5. The quantitative estimate of drug-likeness (QED) is 0.450. The molecule has 3 aromatic carbocycles. The number of hydrogen-bond acceptors (Lipinski definition) is 4. The summed E-state index contributed by atoms with van der Waals surface area (Å²) in [4.78, 5) is 12.9. The Morgan fingerprint density at radius 2 is 1.61 bits per heavy atom. The largest absolute Gasteiger partial charge is 0.455 e. The normalized spacial score (nSPS) is 11.5. The van der Waals surface area contributed by atoms with Gasteiger partial charge in [-0.25, -0.2) is 12.8 Å². The van der Waals surface area contributed by atoms with Crippen LogP contribution in [0.4, 0.5) is 10.1 Å². The minimum Gasteiger partial charge on any atom is -0.455 e. The van der Waals surface area contributed by atoms with Gasteiger partial charge in [0.25, 0.3) is 5.91 Å². The lowest BCUT2D eigenvalue weighted by Gasteiger charge is -2.20. The molecular formula is C25H23FN2O4S. The summed E-state index contributed by atoms with van der Waals surface area (Å²) < 4.78 is 45.5. The Balaban J connectivity index is 2.07. The van der Waals surface area contributed by atoms with Crippen LogP contribution in [-0.4, -0.2) is 34.7 Å². The molecule has 0 aliphatic carbocycles. The van der Waals surface area contributed by atoms with E-state index in [2.05, 4.69) is 5.32 Å². The fourth-order valence-corrected chi connectivity index (χ4v) is 4.20. The summed E-state index contributed by atoms with van der Waals surface area (Å²) in [5.74, 6) is -0.360. The second-order valence-corrected chi connectivity index (χ2v) is 9.87. The van der Waals surface area contributed by atoms with Crippen molar-refractivity contribution in [2.45, 2.75) is 6.92 Å². The smallest absolute Gasteiger partial charge is 0.255 e. The van der Waals surface area contributed by atoms with Gasteiger partial charge in [-0.1, -0.05) is 42.0 Å². The fraction of sp³-hybridized carbons (Fsp3) is 0.160. The highest BCUT2D eigenvalue weighted by molar-refractivity contribution is 7.92. The van der Waals surface area contributed by atoms with Gasteiger partial charge in [-0.15, -0.1) is 0 Å². The highest BCUT2D eigenvalue weighted by Crippen LogP contribution is 2.41. The van der Waals surface area contributed by atoms with E-state index in [4.69, 9.17) is 4.42 Å². The number of benzene rings is 3. The maximum absolute atomic E-state index is 13.6. The standard InChI is InChI=1S/C25H23FN2O4S/c1-15-5-7-17(8-6-15)24-23(25(29)27-2)20-13-19(16-9-11-18(26)12-10-16)21(14-22(20)32-24)28(3)33(4,30)31/h5-14H,1-4H3,(H,27,29). The molecular weight excluding hydrogens is 443 g/mol. The minimum absolute atomic E-state index is 0.335. The van der Waals surface area contributed by atoms with Crippen molar-refractivity contribution >= 4 is 32.6 Å². The van der Waals surface area contributed by atoms with Crippen LogP contribution in [-0.2, 0) is 10.0 Å². The van der Waals surface area contributed by atoms with Crippen molar-refractivity contribution in [3.05, 3.63) is 77.6 Å². The number of sulfonamides is 1. The molecule has 33 heavy (non-hydrogen) atoms. The van der Waals surface area contributed by atoms with Gasteiger partial charge in [0.05, 0.1) is 17.5 Å². The number of aryl methyl sites for hydroxylation is 1. The van der Waals surface area contributed by atoms with Gasteiger partial charge < -0.3 is 9.73 Å². The van der Waals surface area contributed by atoms with Crippen molar-refractivity contribution in [2.75, 3.05) is 24.7 Å². The molecule has 0 bridgehead atoms. The van der Waals surface area contributed by atoms with Crippen molar-refractivity contribution in [2.24, 2.45) is 0 Å². The first-order chi connectivity index (χ1) is 15.6. The van der Waals surface area contributed by atoms with E-state index in [-0.39, 0.29) is 5.91 Å². The van der Waals surface area contributed by atoms with E-state index >= 15 is 0 Å². The number of amides is 1. The van der Waals surface area contributed by atoms with E-state index in [1.54, 1.807) is 24.3 Å². The molecule has 170 valence electrons. The molecule has 1 aromatic heterocycles. The molecule has 6 nitrogen and oxygen atoms in total. The maximum Gasteiger partial charge on any atom is 0.255 e. The molecule has 0 aliphatic heterocycles. The van der Waals surface area contributed by atoms with Crippen LogP contribution in [0.1, 0.15) is 15.9 Å². The van der Waals surface area contributed by atoms with Crippen LogP contribution in [0, 0.1) is 12.7 Å². The molecule has 4 rings (SSSR count). The van der Waals surface area contributed by atoms with E-state index < -0.39 is 15.8 Å². The maximum atomic E-state index is 13.6. The molecule has 0 aliphatic rings. The van der Waals surface area contributed by atoms with E-state index in [1.807, 2.05) is 31.2 Å². The highest BCUT2D eigenvalue weighted by atomic mass is 32.2. The predicted octanol–water partition coefficient (Wildman–Crippen LogP) is 4.97. The number of nitrogens with zero attached hydrogens (tertiary/aromatic N) is 1. The van der Waals surface area contributed by atoms with Crippen LogP contribution in [0.2, 0.25) is 0 Å². The Hall–Kier alpha value is -3.65. The minimum atomic E-state index is -3.61. The van der Waals surface area contributed by atoms with Crippen molar-refractivity contribution in [3.63, 3.8) is 0 Å². The van der Waals surface area contributed by atoms with Crippen LogP contribution in [0.25, 0.3) is 33.4 Å². The van der Waals surface area contributed by atoms with Crippen LogP contribution < -0.4 is 9.62 Å². The summed E-state index contributed by atoms with van der Waals surface area (Å²) in [6.45, 7) is 1.96. The Labute approximate surface area is 191 Å². The van der Waals surface area contributed by atoms with E-state index in [0.717, 1.165) is 21.7 Å². The van der Waals surface area contributed by atoms with Crippen LogP contribution in [0.5, 0.6) is 0 Å². The van der Waals surface area contributed by atoms with E-state index in [1.165, 1.54) is 26.2 Å². The summed E-state index contributed by atoms with van der Waals surface area (Å²) in [6, 6.07) is 16.6. The van der Waals surface area contributed by atoms with Gasteiger partial charge in [-0.2, -0.15) is 0 Å². The number of fused-ring (bicyclic) bond motifs is 1. The molecule has 4 aromatic rings. The monoisotopic (exact) mass is 466 g/mol. The number of halogens is 1. The van der Waals surface area contributed by atoms with Crippen molar-refractivity contribution < 1.29 is 22.0 Å². The van der Waals surface area contributed by atoms with Gasteiger partial charge >= 0.3 is 0 Å². The molecule has 1 heterocycles. The molecule has 0 atom stereocenters. The molecule has 1 N–H and O–H groups in total. The van der Waals surface area contributed by atoms with Gasteiger partial charge in [0.1, 0.15) is 17.2 Å². The van der Waals surface area contributed by atoms with E-state index in [9.17, 15) is 17.6 Å². The third-order valence-corrected chi connectivity index (χ3v) is 6.76. The first kappa shape index (κ1) is 22.5. The van der Waals surface area contributed by atoms with Crippen LogP contribution in [0.3, 0.4) is 0 Å². The Morgan fingerprint density at radius 1 is 1.00 bits per heavy atom. The first-order valence-electron chi connectivity index (χ1n) is 10.2. The molecule has 1 amide bonds. The second kappa shape index (κ2) is 8.37. The number of anilines is 1. The van der Waals surface area contributed by atoms with Crippen molar-refractivity contribution in [1.29, 1.82) is 0 Å². The third kappa shape index (κ3) is 4.21. The Kier molecular flexibility index (Phi) is 5.71. The average Bonchev–Trinajstić information content (AvgIpc) is 3.16. The fourth-order valence-electron chi connectivity index (χ4n) is 3.69. The highest BCUT2D eigenvalue weighted by Gasteiger charge is 2.25. The average molecular weight is 467 g/mol. The number of furan rings is 1. The SMILES string of the molecule is CNC(=O)c1c(-c2ccc(C)cc2)oc2cc(N(C)S(C)(=O)=O)c(-c3ccc(F)cc3)cc12. The lowest BCUT2D eigenvalue weighted by molar-refractivity contribution is 0.0964. The van der Waals surface area contributed by atoms with Gasteiger partial charge in [-0.3, -0.25) is 9.10 Å². The first-order valence-corrected chi connectivity index (χ1v) is 12.0. The lowest BCUT2D eigenvalue weighted by atomic mass is 9.98. The summed E-state index contributed by atoms with van der Waals surface area (Å²) in [7, 11) is -0.634. The Bertz CT molecular complexity index is 1460.